The molecular weight excluding hydrogens is 344 g/mol. The van der Waals surface area contributed by atoms with Gasteiger partial charge in [-0.3, -0.25) is 0 Å². The van der Waals surface area contributed by atoms with Crippen molar-refractivity contribution in [2.24, 2.45) is 11.7 Å². The molecule has 1 aliphatic heterocycles. The molecule has 1 atom stereocenters. The maximum Gasteiger partial charge on any atom is 0.212 e. The van der Waals surface area contributed by atoms with Gasteiger partial charge in [0.2, 0.25) is 4.96 Å². The number of hydrogen-bond acceptors (Lipinski definition) is 6. The summed E-state index contributed by atoms with van der Waals surface area (Å²) in [5, 5.41) is 9.26. The molecule has 0 saturated carbocycles. The number of nitrogens with one attached hydrogen (secondary N) is 1. The number of anilines is 1. The quantitative estimate of drug-likeness (QED) is 0.739. The van der Waals surface area contributed by atoms with Crippen molar-refractivity contribution in [2.75, 3.05) is 32.1 Å². The molecule has 0 bridgehead atoms. The Morgan fingerprint density at radius 1 is 1.31 bits per heavy atom. The highest BCUT2D eigenvalue weighted by atomic mass is 32.1. The molecule has 6 nitrogen and oxygen atoms in total. The van der Waals surface area contributed by atoms with Gasteiger partial charge in [-0.05, 0) is 50.9 Å². The predicted molar refractivity (Wildman–Crippen MR) is 108 cm³/mol. The molecule has 2 aromatic heterocycles. The summed E-state index contributed by atoms with van der Waals surface area (Å²) in [6, 6.07) is 8.43. The molecule has 0 radical (unpaired) electrons. The fourth-order valence-electron chi connectivity index (χ4n) is 3.65. The van der Waals surface area contributed by atoms with Crippen LogP contribution in [0.15, 0.2) is 30.5 Å². The van der Waals surface area contributed by atoms with Crippen LogP contribution in [0.4, 0.5) is 5.69 Å². The molecule has 0 aliphatic carbocycles. The molecule has 1 saturated heterocycles. The summed E-state index contributed by atoms with van der Waals surface area (Å²) in [5.74, 6) is 0.445. The smallest absolute Gasteiger partial charge is 0.212 e. The summed E-state index contributed by atoms with van der Waals surface area (Å²) in [6.45, 7) is 4.18. The van der Waals surface area contributed by atoms with E-state index in [1.54, 1.807) is 11.3 Å². The number of aromatic nitrogens is 3. The number of benzene rings is 1. The third kappa shape index (κ3) is 3.00. The van der Waals surface area contributed by atoms with Gasteiger partial charge >= 0.3 is 0 Å². The molecule has 4 rings (SSSR count). The van der Waals surface area contributed by atoms with E-state index < -0.39 is 5.54 Å². The van der Waals surface area contributed by atoms with E-state index in [9.17, 15) is 0 Å². The highest BCUT2D eigenvalue weighted by molar-refractivity contribution is 7.16. The van der Waals surface area contributed by atoms with Crippen molar-refractivity contribution in [3.8, 4) is 11.3 Å². The zero-order valence-electron chi connectivity index (χ0n) is 15.6. The SMILES string of the molecule is CN(C)c1cccc(-c2cnc3sc(C(C)(N)C4CCNCC4)nn23)c1. The summed E-state index contributed by atoms with van der Waals surface area (Å²) >= 11 is 1.61. The first kappa shape index (κ1) is 17.5. The highest BCUT2D eigenvalue weighted by Crippen LogP contribution is 2.36. The Bertz CT molecular complexity index is 904. The fraction of sp³-hybridized carbons (Fsp3) is 0.474. The first-order chi connectivity index (χ1) is 12.5. The second-order valence-electron chi connectivity index (χ2n) is 7.50. The molecule has 3 N–H and O–H groups in total. The van der Waals surface area contributed by atoms with Gasteiger partial charge in [0.25, 0.3) is 0 Å². The molecule has 3 aromatic rings. The Balaban J connectivity index is 1.72. The number of piperidine rings is 1. The number of rotatable bonds is 4. The van der Waals surface area contributed by atoms with Crippen LogP contribution < -0.4 is 16.0 Å². The Hall–Kier alpha value is -1.96. The van der Waals surface area contributed by atoms with Crippen LogP contribution in [0, 0.1) is 5.92 Å². The van der Waals surface area contributed by atoms with Gasteiger partial charge in [-0.25, -0.2) is 9.50 Å². The molecule has 1 aliphatic rings. The Kier molecular flexibility index (Phi) is 4.46. The number of imidazole rings is 1. The van der Waals surface area contributed by atoms with Crippen LogP contribution in [0.1, 0.15) is 24.8 Å². The van der Waals surface area contributed by atoms with Crippen molar-refractivity contribution in [1.29, 1.82) is 0 Å². The van der Waals surface area contributed by atoms with Gasteiger partial charge in [0.1, 0.15) is 5.01 Å². The van der Waals surface area contributed by atoms with E-state index in [4.69, 9.17) is 10.8 Å². The van der Waals surface area contributed by atoms with E-state index in [-0.39, 0.29) is 0 Å². The van der Waals surface area contributed by atoms with Crippen LogP contribution in [0.25, 0.3) is 16.2 Å². The molecule has 3 heterocycles. The number of fused-ring (bicyclic) bond motifs is 1. The molecule has 1 unspecified atom stereocenters. The minimum absolute atomic E-state index is 0.420. The van der Waals surface area contributed by atoms with Crippen LogP contribution in [0.3, 0.4) is 0 Å². The second kappa shape index (κ2) is 6.64. The van der Waals surface area contributed by atoms with Crippen LogP contribution in [-0.4, -0.2) is 41.8 Å². The van der Waals surface area contributed by atoms with E-state index in [1.807, 2.05) is 24.8 Å². The van der Waals surface area contributed by atoms with Crippen LogP contribution in [0.2, 0.25) is 0 Å². The van der Waals surface area contributed by atoms with E-state index >= 15 is 0 Å². The summed E-state index contributed by atoms with van der Waals surface area (Å²) in [5.41, 5.74) is 9.62. The third-order valence-corrected chi connectivity index (χ3v) is 6.57. The summed E-state index contributed by atoms with van der Waals surface area (Å²) in [7, 11) is 4.09. The van der Waals surface area contributed by atoms with E-state index in [1.165, 1.54) is 0 Å². The fourth-order valence-corrected chi connectivity index (χ4v) is 4.66. The van der Waals surface area contributed by atoms with Crippen LogP contribution >= 0.6 is 11.3 Å². The van der Waals surface area contributed by atoms with Gasteiger partial charge in [0.05, 0.1) is 17.4 Å². The van der Waals surface area contributed by atoms with Gasteiger partial charge in [-0.1, -0.05) is 23.5 Å². The number of nitrogens with zero attached hydrogens (tertiary/aromatic N) is 4. The standard InChI is InChI=1S/C19H26N6S/c1-19(20,14-7-9-21-10-8-14)17-23-25-16(12-22-18(25)26-17)13-5-4-6-15(11-13)24(2)3/h4-6,11-12,14,21H,7-10,20H2,1-3H3. The van der Waals surface area contributed by atoms with Gasteiger partial charge in [-0.15, -0.1) is 0 Å². The average Bonchev–Trinajstić information content (AvgIpc) is 3.23. The molecule has 7 heteroatoms. The second-order valence-corrected chi connectivity index (χ2v) is 8.45. The van der Waals surface area contributed by atoms with E-state index in [0.29, 0.717) is 5.92 Å². The number of nitrogens with two attached hydrogens (primary N) is 1. The van der Waals surface area contributed by atoms with Crippen molar-refractivity contribution in [3.63, 3.8) is 0 Å². The first-order valence-electron chi connectivity index (χ1n) is 9.09. The molecule has 138 valence electrons. The minimum atomic E-state index is -0.420. The predicted octanol–water partition coefficient (Wildman–Crippen LogP) is 2.70. The van der Waals surface area contributed by atoms with Crippen molar-refractivity contribution >= 4 is 22.0 Å². The zero-order chi connectivity index (χ0) is 18.3. The Morgan fingerprint density at radius 3 is 2.81 bits per heavy atom. The lowest BCUT2D eigenvalue weighted by Gasteiger charge is -2.35. The lowest BCUT2D eigenvalue weighted by Crippen LogP contribution is -2.46. The van der Waals surface area contributed by atoms with Crippen molar-refractivity contribution < 1.29 is 0 Å². The van der Waals surface area contributed by atoms with E-state index in [2.05, 4.69) is 46.4 Å². The lowest BCUT2D eigenvalue weighted by molar-refractivity contribution is 0.232. The normalized spacial score (nSPS) is 18.2. The third-order valence-electron chi connectivity index (χ3n) is 5.39. The average molecular weight is 371 g/mol. The van der Waals surface area contributed by atoms with Gasteiger partial charge in [-0.2, -0.15) is 5.10 Å². The van der Waals surface area contributed by atoms with Crippen molar-refractivity contribution in [2.45, 2.75) is 25.3 Å². The molecule has 1 fully saturated rings. The Labute approximate surface area is 158 Å². The number of hydrogen-bond donors (Lipinski definition) is 2. The molecule has 0 amide bonds. The molecule has 0 spiro atoms. The Morgan fingerprint density at radius 2 is 2.08 bits per heavy atom. The summed E-state index contributed by atoms with van der Waals surface area (Å²) < 4.78 is 1.95. The van der Waals surface area contributed by atoms with Crippen molar-refractivity contribution in [3.05, 3.63) is 35.5 Å². The van der Waals surface area contributed by atoms with Crippen LogP contribution in [-0.2, 0) is 5.54 Å². The monoisotopic (exact) mass is 370 g/mol. The van der Waals surface area contributed by atoms with Crippen LogP contribution in [0.5, 0.6) is 0 Å². The highest BCUT2D eigenvalue weighted by Gasteiger charge is 2.36. The lowest BCUT2D eigenvalue weighted by atomic mass is 9.80. The zero-order valence-corrected chi connectivity index (χ0v) is 16.4. The van der Waals surface area contributed by atoms with Gasteiger partial charge < -0.3 is 16.0 Å². The molecule has 26 heavy (non-hydrogen) atoms. The topological polar surface area (TPSA) is 71.5 Å². The van der Waals surface area contributed by atoms with Gasteiger partial charge in [0.15, 0.2) is 0 Å². The molecule has 1 aromatic carbocycles. The first-order valence-corrected chi connectivity index (χ1v) is 9.91. The van der Waals surface area contributed by atoms with E-state index in [0.717, 1.165) is 52.8 Å². The van der Waals surface area contributed by atoms with Gasteiger partial charge in [0, 0.05) is 25.3 Å². The maximum atomic E-state index is 6.76. The summed E-state index contributed by atoms with van der Waals surface area (Å²) in [4.78, 5) is 7.58. The maximum absolute atomic E-state index is 6.76. The minimum Gasteiger partial charge on any atom is -0.378 e. The summed E-state index contributed by atoms with van der Waals surface area (Å²) in [6.07, 6.45) is 4.08. The van der Waals surface area contributed by atoms with Crippen molar-refractivity contribution in [1.82, 2.24) is 19.9 Å². The largest absolute Gasteiger partial charge is 0.378 e. The molecular formula is C19H26N6S.